The van der Waals surface area contributed by atoms with Gasteiger partial charge >= 0.3 is 5.91 Å². The topological polar surface area (TPSA) is 85.4 Å². The van der Waals surface area contributed by atoms with Crippen molar-refractivity contribution in [1.29, 1.82) is 0 Å². The lowest BCUT2D eigenvalue weighted by Gasteiger charge is -2.23. The molecule has 1 amide bonds. The van der Waals surface area contributed by atoms with Crippen molar-refractivity contribution in [3.05, 3.63) is 48.5 Å². The number of nitrogens with zero attached hydrogens (tertiary/aromatic N) is 3. The van der Waals surface area contributed by atoms with E-state index in [2.05, 4.69) is 16.1 Å². The molecule has 27 heavy (non-hydrogen) atoms. The highest BCUT2D eigenvalue weighted by Gasteiger charge is 2.27. The summed E-state index contributed by atoms with van der Waals surface area (Å²) in [5.74, 6) is 2.80. The Kier molecular flexibility index (Phi) is 4.22. The third kappa shape index (κ3) is 2.98. The maximum Gasteiger partial charge on any atom is 0.308 e. The van der Waals surface area contributed by atoms with E-state index in [4.69, 9.17) is 15.9 Å². The average molecular weight is 361 g/mol. The Morgan fingerprint density at radius 3 is 2.78 bits per heavy atom. The van der Waals surface area contributed by atoms with E-state index in [1.807, 2.05) is 18.2 Å². The van der Waals surface area contributed by atoms with Crippen LogP contribution in [0.15, 0.2) is 58.8 Å². The zero-order valence-corrected chi connectivity index (χ0v) is 14.2. The van der Waals surface area contributed by atoms with Gasteiger partial charge in [-0.25, -0.2) is 0 Å². The van der Waals surface area contributed by atoms with Gasteiger partial charge in [-0.2, -0.15) is 0 Å². The number of azo groups is 1. The number of aromatic hydroxyl groups is 1. The summed E-state index contributed by atoms with van der Waals surface area (Å²) in [6.07, 6.45) is 4.47. The van der Waals surface area contributed by atoms with Crippen LogP contribution in [0.25, 0.3) is 10.9 Å². The van der Waals surface area contributed by atoms with Crippen LogP contribution in [-0.4, -0.2) is 28.3 Å². The second-order valence-corrected chi connectivity index (χ2v) is 5.88. The summed E-state index contributed by atoms with van der Waals surface area (Å²) in [5.41, 5.74) is 0.895. The van der Waals surface area contributed by atoms with Crippen LogP contribution < -0.4 is 9.47 Å². The van der Waals surface area contributed by atoms with Gasteiger partial charge in [0.2, 0.25) is 12.0 Å². The summed E-state index contributed by atoms with van der Waals surface area (Å²) < 4.78 is 12.7. The number of terminal acetylenes is 1. The first kappa shape index (κ1) is 16.7. The summed E-state index contributed by atoms with van der Waals surface area (Å²) in [4.78, 5) is 12.4. The first-order chi connectivity index (χ1) is 13.2. The fourth-order valence-electron chi connectivity index (χ4n) is 2.93. The van der Waals surface area contributed by atoms with Crippen molar-refractivity contribution in [1.82, 2.24) is 4.57 Å². The molecule has 1 N–H and O–H groups in total. The molecule has 134 valence electrons. The Hall–Kier alpha value is -3.79. The number of amides is 1. The molecule has 3 aromatic rings. The molecular formula is C20H15N3O4. The highest BCUT2D eigenvalue weighted by molar-refractivity contribution is 5.95. The smallest absolute Gasteiger partial charge is 0.308 e. The van der Waals surface area contributed by atoms with Gasteiger partial charge in [0.25, 0.3) is 0 Å². The zero-order valence-electron chi connectivity index (χ0n) is 14.2. The van der Waals surface area contributed by atoms with E-state index in [-0.39, 0.29) is 24.7 Å². The van der Waals surface area contributed by atoms with Gasteiger partial charge in [-0.05, 0) is 18.2 Å². The molecular weight excluding hydrogens is 346 g/mol. The van der Waals surface area contributed by atoms with Crippen LogP contribution in [0.1, 0.15) is 0 Å². The SMILES string of the molecule is C#CCn1c(O)c(N=NC(=O)C2COc3ccccc3O2)c2ccccc21. The molecule has 7 nitrogen and oxygen atoms in total. The van der Waals surface area contributed by atoms with Crippen molar-refractivity contribution < 1.29 is 19.4 Å². The number of fused-ring (bicyclic) bond motifs is 2. The zero-order chi connectivity index (χ0) is 18.8. The van der Waals surface area contributed by atoms with E-state index >= 15 is 0 Å². The van der Waals surface area contributed by atoms with Gasteiger partial charge in [-0.3, -0.25) is 9.36 Å². The van der Waals surface area contributed by atoms with E-state index in [1.54, 1.807) is 30.3 Å². The summed E-state index contributed by atoms with van der Waals surface area (Å²) in [6, 6.07) is 14.3. The largest absolute Gasteiger partial charge is 0.493 e. The number of aromatic nitrogens is 1. The molecule has 0 saturated carbocycles. The van der Waals surface area contributed by atoms with Crippen LogP contribution in [0.2, 0.25) is 0 Å². The van der Waals surface area contributed by atoms with Gasteiger partial charge in [0.1, 0.15) is 6.61 Å². The van der Waals surface area contributed by atoms with Crippen LogP contribution in [0.4, 0.5) is 5.69 Å². The number of para-hydroxylation sites is 3. The molecule has 0 saturated heterocycles. The molecule has 2 aromatic carbocycles. The third-order valence-electron chi connectivity index (χ3n) is 4.20. The summed E-state index contributed by atoms with van der Waals surface area (Å²) in [5, 5.41) is 18.8. The molecule has 4 rings (SSSR count). The predicted molar refractivity (Wildman–Crippen MR) is 98.3 cm³/mol. The minimum atomic E-state index is -0.898. The third-order valence-corrected chi connectivity index (χ3v) is 4.20. The minimum Gasteiger partial charge on any atom is -0.493 e. The summed E-state index contributed by atoms with van der Waals surface area (Å²) in [6.45, 7) is 0.214. The quantitative estimate of drug-likeness (QED) is 0.572. The lowest BCUT2D eigenvalue weighted by Crippen LogP contribution is -2.35. The van der Waals surface area contributed by atoms with Gasteiger partial charge in [-0.15, -0.1) is 16.7 Å². The van der Waals surface area contributed by atoms with E-state index < -0.39 is 12.0 Å². The van der Waals surface area contributed by atoms with Crippen molar-refractivity contribution >= 4 is 22.5 Å². The number of benzene rings is 2. The molecule has 0 spiro atoms. The molecule has 0 radical (unpaired) electrons. The van der Waals surface area contributed by atoms with Crippen LogP contribution in [0, 0.1) is 12.3 Å². The van der Waals surface area contributed by atoms with Crippen molar-refractivity contribution in [2.24, 2.45) is 10.2 Å². The normalized spacial score (nSPS) is 15.7. The number of carbonyl (C=O) groups excluding carboxylic acids is 1. The molecule has 1 atom stereocenters. The van der Waals surface area contributed by atoms with E-state index in [0.717, 1.165) is 0 Å². The summed E-state index contributed by atoms with van der Waals surface area (Å²) >= 11 is 0. The number of hydrogen-bond acceptors (Lipinski definition) is 5. The van der Waals surface area contributed by atoms with Crippen LogP contribution >= 0.6 is 0 Å². The maximum atomic E-state index is 12.4. The van der Waals surface area contributed by atoms with Gasteiger partial charge in [0.15, 0.2) is 17.2 Å². The van der Waals surface area contributed by atoms with Crippen molar-refractivity contribution in [2.45, 2.75) is 12.6 Å². The van der Waals surface area contributed by atoms with Crippen molar-refractivity contribution in [3.8, 4) is 29.7 Å². The van der Waals surface area contributed by atoms with Crippen molar-refractivity contribution in [2.75, 3.05) is 6.61 Å². The molecule has 1 aliphatic rings. The Morgan fingerprint density at radius 1 is 1.22 bits per heavy atom. The molecule has 1 aromatic heterocycles. The molecule has 0 fully saturated rings. The summed E-state index contributed by atoms with van der Waals surface area (Å²) in [7, 11) is 0. The monoisotopic (exact) mass is 361 g/mol. The second-order valence-electron chi connectivity index (χ2n) is 5.88. The Balaban J connectivity index is 1.61. The highest BCUT2D eigenvalue weighted by Crippen LogP contribution is 2.39. The van der Waals surface area contributed by atoms with Crippen LogP contribution in [-0.2, 0) is 11.3 Å². The standard InChI is InChI=1S/C20H15N3O4/c1-2-11-23-14-8-4-3-7-13(14)18(20(23)25)21-22-19(24)17-12-26-15-9-5-6-10-16(15)27-17/h1,3-10,17,25H,11-12H2. The van der Waals surface area contributed by atoms with Crippen molar-refractivity contribution in [3.63, 3.8) is 0 Å². The lowest BCUT2D eigenvalue weighted by atomic mass is 10.2. The molecule has 7 heteroatoms. The van der Waals surface area contributed by atoms with Crippen LogP contribution in [0.5, 0.6) is 17.4 Å². The molecule has 1 unspecified atom stereocenters. The first-order valence-electron chi connectivity index (χ1n) is 8.26. The van der Waals surface area contributed by atoms with E-state index in [1.165, 1.54) is 4.57 Å². The van der Waals surface area contributed by atoms with Gasteiger partial charge < -0.3 is 14.6 Å². The van der Waals surface area contributed by atoms with Gasteiger partial charge in [-0.1, -0.05) is 36.3 Å². The molecule has 0 bridgehead atoms. The second kappa shape index (κ2) is 6.84. The molecule has 0 aliphatic carbocycles. The van der Waals surface area contributed by atoms with E-state index in [0.29, 0.717) is 22.4 Å². The Morgan fingerprint density at radius 2 is 1.96 bits per heavy atom. The number of ether oxygens (including phenoxy) is 2. The highest BCUT2D eigenvalue weighted by atomic mass is 16.6. The Bertz CT molecular complexity index is 1090. The molecule has 2 heterocycles. The maximum absolute atomic E-state index is 12.4. The Labute approximate surface area is 154 Å². The lowest BCUT2D eigenvalue weighted by molar-refractivity contribution is -0.127. The number of carbonyl (C=O) groups is 1. The average Bonchev–Trinajstić information content (AvgIpc) is 2.97. The van der Waals surface area contributed by atoms with Gasteiger partial charge in [0, 0.05) is 5.39 Å². The fourth-order valence-corrected chi connectivity index (χ4v) is 2.93. The number of hydrogen-bond donors (Lipinski definition) is 1. The predicted octanol–water partition coefficient (Wildman–Crippen LogP) is 3.43. The van der Waals surface area contributed by atoms with Crippen LogP contribution in [0.3, 0.4) is 0 Å². The minimum absolute atomic E-state index is 0.0414. The fraction of sp³-hybridized carbons (Fsp3) is 0.150. The first-order valence-corrected chi connectivity index (χ1v) is 8.26. The van der Waals surface area contributed by atoms with E-state index in [9.17, 15) is 9.90 Å². The molecule has 1 aliphatic heterocycles. The van der Waals surface area contributed by atoms with Gasteiger partial charge in [0.05, 0.1) is 12.1 Å². The number of rotatable bonds is 3.